The fraction of sp³-hybridized carbons (Fsp3) is 0.167. The average molecular weight is 220 g/mol. The van der Waals surface area contributed by atoms with Crippen LogP contribution < -0.4 is 0 Å². The van der Waals surface area contributed by atoms with Gasteiger partial charge in [0.25, 0.3) is 0 Å². The van der Waals surface area contributed by atoms with Crippen LogP contribution in [0.4, 0.5) is 0 Å². The summed E-state index contributed by atoms with van der Waals surface area (Å²) in [5.41, 5.74) is 1.08. The van der Waals surface area contributed by atoms with Gasteiger partial charge in [-0.05, 0) is 18.6 Å². The molecule has 1 aromatic heterocycles. The van der Waals surface area contributed by atoms with E-state index in [1.807, 2.05) is 37.3 Å². The van der Waals surface area contributed by atoms with Gasteiger partial charge >= 0.3 is 0 Å². The largest absolute Gasteiger partial charge is 0.468 e. The Balaban J connectivity index is 2.15. The van der Waals surface area contributed by atoms with E-state index in [0.717, 1.165) is 16.2 Å². The Hall–Kier alpha value is -1.35. The number of hydrogen-bond donors (Lipinski definition) is 0. The summed E-state index contributed by atoms with van der Waals surface area (Å²) in [5, 5.41) is 0. The van der Waals surface area contributed by atoms with E-state index in [2.05, 4.69) is 0 Å². The number of furan rings is 1. The smallest absolute Gasteiger partial charge is 0.116 e. The second-order valence-corrected chi connectivity index (χ2v) is 4.74. The van der Waals surface area contributed by atoms with Crippen LogP contribution in [-0.4, -0.2) is 4.21 Å². The molecule has 0 radical (unpaired) electrons. The van der Waals surface area contributed by atoms with Gasteiger partial charge in [0.05, 0.1) is 27.7 Å². The molecule has 0 fully saturated rings. The van der Waals surface area contributed by atoms with Gasteiger partial charge in [-0.25, -0.2) is 0 Å². The molecule has 0 aliphatic carbocycles. The van der Waals surface area contributed by atoms with Crippen molar-refractivity contribution in [3.05, 3.63) is 54.0 Å². The van der Waals surface area contributed by atoms with Gasteiger partial charge in [-0.2, -0.15) is 0 Å². The Kier molecular flexibility index (Phi) is 3.02. The van der Waals surface area contributed by atoms with Crippen molar-refractivity contribution in [3.8, 4) is 0 Å². The van der Waals surface area contributed by atoms with Gasteiger partial charge in [0.1, 0.15) is 5.76 Å². The Morgan fingerprint density at radius 1 is 1.20 bits per heavy atom. The summed E-state index contributed by atoms with van der Waals surface area (Å²) < 4.78 is 17.1. The van der Waals surface area contributed by atoms with Crippen molar-refractivity contribution in [2.24, 2.45) is 0 Å². The molecular weight excluding hydrogens is 208 g/mol. The van der Waals surface area contributed by atoms with Gasteiger partial charge in [-0.1, -0.05) is 30.3 Å². The van der Waals surface area contributed by atoms with Crippen LogP contribution in [-0.2, 0) is 16.6 Å². The zero-order valence-electron chi connectivity index (χ0n) is 8.47. The highest BCUT2D eigenvalue weighted by Crippen LogP contribution is 2.17. The zero-order chi connectivity index (χ0) is 10.7. The lowest BCUT2D eigenvalue weighted by Gasteiger charge is -2.00. The molecule has 0 unspecified atom stereocenters. The lowest BCUT2D eigenvalue weighted by atomic mass is 10.2. The topological polar surface area (TPSA) is 30.2 Å². The first-order valence-electron chi connectivity index (χ1n) is 4.74. The quantitative estimate of drug-likeness (QED) is 0.796. The molecule has 2 rings (SSSR count). The lowest BCUT2D eigenvalue weighted by Crippen LogP contribution is -1.96. The maximum absolute atomic E-state index is 11.9. The second-order valence-electron chi connectivity index (χ2n) is 3.32. The molecule has 1 aromatic carbocycles. The van der Waals surface area contributed by atoms with Gasteiger partial charge < -0.3 is 4.42 Å². The lowest BCUT2D eigenvalue weighted by molar-refractivity contribution is 0.526. The van der Waals surface area contributed by atoms with E-state index in [-0.39, 0.29) is 0 Å². The van der Waals surface area contributed by atoms with Crippen LogP contribution in [0.15, 0.2) is 52.0 Å². The normalized spacial score (nSPS) is 12.6. The molecule has 0 N–H and O–H groups in total. The summed E-state index contributed by atoms with van der Waals surface area (Å²) in [7, 11) is -1.01. The third-order valence-corrected chi connectivity index (χ3v) is 3.71. The standard InChI is InChI=1S/C12H12O2S/c1-10-12(7-8-14-10)15(13)9-11-5-3-2-4-6-11/h2-8H,9H2,1H3/t15-/m1/s1. The summed E-state index contributed by atoms with van der Waals surface area (Å²) in [6.07, 6.45) is 1.58. The molecule has 1 heterocycles. The third-order valence-electron chi connectivity index (χ3n) is 2.20. The maximum atomic E-state index is 11.9. The Bertz CT molecular complexity index is 459. The number of rotatable bonds is 3. The molecule has 15 heavy (non-hydrogen) atoms. The van der Waals surface area contributed by atoms with Crippen LogP contribution in [0.25, 0.3) is 0 Å². The zero-order valence-corrected chi connectivity index (χ0v) is 9.29. The van der Waals surface area contributed by atoms with Crippen molar-refractivity contribution in [2.45, 2.75) is 17.6 Å². The molecule has 0 bridgehead atoms. The number of hydrogen-bond acceptors (Lipinski definition) is 2. The van der Waals surface area contributed by atoms with Crippen molar-refractivity contribution >= 4 is 10.8 Å². The molecule has 3 heteroatoms. The van der Waals surface area contributed by atoms with E-state index in [1.54, 1.807) is 12.3 Å². The minimum atomic E-state index is -1.01. The van der Waals surface area contributed by atoms with Gasteiger partial charge in [-0.3, -0.25) is 4.21 Å². The van der Waals surface area contributed by atoms with Crippen LogP contribution in [0.1, 0.15) is 11.3 Å². The van der Waals surface area contributed by atoms with E-state index < -0.39 is 10.8 Å². The highest BCUT2D eigenvalue weighted by Gasteiger charge is 2.09. The van der Waals surface area contributed by atoms with E-state index in [9.17, 15) is 4.21 Å². The molecule has 0 spiro atoms. The summed E-state index contributed by atoms with van der Waals surface area (Å²) in [6, 6.07) is 11.6. The van der Waals surface area contributed by atoms with Crippen LogP contribution in [0.3, 0.4) is 0 Å². The predicted molar refractivity (Wildman–Crippen MR) is 60.0 cm³/mol. The number of benzene rings is 1. The van der Waals surface area contributed by atoms with Crippen LogP contribution >= 0.6 is 0 Å². The van der Waals surface area contributed by atoms with E-state index in [4.69, 9.17) is 4.42 Å². The van der Waals surface area contributed by atoms with Crippen molar-refractivity contribution in [2.75, 3.05) is 0 Å². The molecule has 2 aromatic rings. The van der Waals surface area contributed by atoms with Crippen molar-refractivity contribution in [1.29, 1.82) is 0 Å². The van der Waals surface area contributed by atoms with Gasteiger partial charge in [0, 0.05) is 0 Å². The minimum Gasteiger partial charge on any atom is -0.468 e. The fourth-order valence-corrected chi connectivity index (χ4v) is 2.64. The summed E-state index contributed by atoms with van der Waals surface area (Å²) in [5.74, 6) is 1.28. The average Bonchev–Trinajstić information content (AvgIpc) is 2.66. The van der Waals surface area contributed by atoms with Gasteiger partial charge in [0.15, 0.2) is 0 Å². The summed E-state index contributed by atoms with van der Waals surface area (Å²) in [4.78, 5) is 0.791. The Labute approximate surface area is 91.4 Å². The Morgan fingerprint density at radius 3 is 2.53 bits per heavy atom. The maximum Gasteiger partial charge on any atom is 0.116 e. The second kappa shape index (κ2) is 4.45. The molecule has 0 saturated heterocycles. The monoisotopic (exact) mass is 220 g/mol. The summed E-state index contributed by atoms with van der Waals surface area (Å²) >= 11 is 0. The molecule has 0 aliphatic rings. The minimum absolute atomic E-state index is 0.543. The fourth-order valence-electron chi connectivity index (χ4n) is 1.41. The molecular formula is C12H12O2S. The van der Waals surface area contributed by atoms with Gasteiger partial charge in [-0.15, -0.1) is 0 Å². The first kappa shape index (κ1) is 10.2. The molecule has 0 aliphatic heterocycles. The number of aryl methyl sites for hydroxylation is 1. The molecule has 1 atom stereocenters. The SMILES string of the molecule is Cc1occc1[S@](=O)Cc1ccccc1. The first-order valence-corrected chi connectivity index (χ1v) is 6.05. The van der Waals surface area contributed by atoms with E-state index in [0.29, 0.717) is 5.75 Å². The highest BCUT2D eigenvalue weighted by atomic mass is 32.2. The van der Waals surface area contributed by atoms with Crippen LogP contribution in [0, 0.1) is 6.92 Å². The molecule has 78 valence electrons. The molecule has 0 saturated carbocycles. The van der Waals surface area contributed by atoms with Crippen LogP contribution in [0.5, 0.6) is 0 Å². The van der Waals surface area contributed by atoms with E-state index >= 15 is 0 Å². The Morgan fingerprint density at radius 2 is 1.93 bits per heavy atom. The van der Waals surface area contributed by atoms with Crippen molar-refractivity contribution in [3.63, 3.8) is 0 Å². The van der Waals surface area contributed by atoms with E-state index in [1.165, 1.54) is 0 Å². The first-order chi connectivity index (χ1) is 7.27. The van der Waals surface area contributed by atoms with Crippen LogP contribution in [0.2, 0.25) is 0 Å². The predicted octanol–water partition coefficient (Wildman–Crippen LogP) is 2.90. The van der Waals surface area contributed by atoms with Gasteiger partial charge in [0.2, 0.25) is 0 Å². The van der Waals surface area contributed by atoms with Crippen molar-refractivity contribution < 1.29 is 8.63 Å². The van der Waals surface area contributed by atoms with Crippen molar-refractivity contribution in [1.82, 2.24) is 0 Å². The molecule has 2 nitrogen and oxygen atoms in total. The highest BCUT2D eigenvalue weighted by molar-refractivity contribution is 7.84. The summed E-state index contributed by atoms with van der Waals surface area (Å²) in [6.45, 7) is 1.83. The molecule has 0 amide bonds. The third kappa shape index (κ3) is 2.36.